The molecule has 2 heterocycles. The Morgan fingerprint density at radius 3 is 2.68 bits per heavy atom. The number of hydrogen-bond acceptors (Lipinski definition) is 5. The van der Waals surface area contributed by atoms with Gasteiger partial charge in [0.2, 0.25) is 5.91 Å². The molecule has 150 valence electrons. The Labute approximate surface area is 163 Å². The molecule has 2 aliphatic rings. The van der Waals surface area contributed by atoms with E-state index in [1.165, 1.54) is 12.1 Å². The van der Waals surface area contributed by atoms with Gasteiger partial charge < -0.3 is 15.2 Å². The number of anilines is 1. The van der Waals surface area contributed by atoms with E-state index < -0.39 is 6.10 Å². The van der Waals surface area contributed by atoms with E-state index in [-0.39, 0.29) is 17.8 Å². The molecule has 2 fully saturated rings. The van der Waals surface area contributed by atoms with E-state index in [1.54, 1.807) is 36.3 Å². The highest BCUT2D eigenvalue weighted by Crippen LogP contribution is 2.37. The van der Waals surface area contributed by atoms with E-state index in [9.17, 15) is 14.3 Å². The van der Waals surface area contributed by atoms with Gasteiger partial charge >= 0.3 is 0 Å². The molecule has 7 nitrogen and oxygen atoms in total. The number of aliphatic hydroxyl groups excluding tert-OH is 1. The maximum absolute atomic E-state index is 13.1. The van der Waals surface area contributed by atoms with Crippen molar-refractivity contribution < 1.29 is 19.0 Å². The Bertz CT molecular complexity index is 825. The van der Waals surface area contributed by atoms with E-state index in [0.29, 0.717) is 36.2 Å². The lowest BCUT2D eigenvalue weighted by Crippen LogP contribution is -2.42. The maximum atomic E-state index is 13.1. The van der Waals surface area contributed by atoms with Gasteiger partial charge in [0.25, 0.3) is 0 Å². The number of nitrogens with zero attached hydrogens (tertiary/aromatic N) is 3. The number of aromatic nitrogens is 2. The third-order valence-electron chi connectivity index (χ3n) is 5.62. The summed E-state index contributed by atoms with van der Waals surface area (Å²) in [5, 5.41) is 17.4. The average molecular weight is 388 g/mol. The van der Waals surface area contributed by atoms with Crippen molar-refractivity contribution in [2.45, 2.75) is 25.0 Å². The molecule has 1 aromatic carbocycles. The molecule has 2 N–H and O–H groups in total. The molecule has 1 saturated carbocycles. The molecule has 4 rings (SSSR count). The summed E-state index contributed by atoms with van der Waals surface area (Å²) in [4.78, 5) is 14.4. The number of carbonyl (C=O) groups excluding carboxylic acids is 1. The second-order valence-corrected chi connectivity index (χ2v) is 7.81. The largest absolute Gasteiger partial charge is 0.488 e. The van der Waals surface area contributed by atoms with Crippen molar-refractivity contribution in [1.29, 1.82) is 0 Å². The highest BCUT2D eigenvalue weighted by Gasteiger charge is 2.42. The predicted molar refractivity (Wildman–Crippen MR) is 101 cm³/mol. The van der Waals surface area contributed by atoms with Crippen LogP contribution in [0.3, 0.4) is 0 Å². The molecule has 1 amide bonds. The number of benzene rings is 1. The summed E-state index contributed by atoms with van der Waals surface area (Å²) in [6.45, 7) is 1.92. The van der Waals surface area contributed by atoms with E-state index in [1.807, 2.05) is 0 Å². The van der Waals surface area contributed by atoms with Crippen molar-refractivity contribution in [2.75, 3.05) is 25.0 Å². The fourth-order valence-corrected chi connectivity index (χ4v) is 4.32. The Balaban J connectivity index is 1.31. The van der Waals surface area contributed by atoms with Crippen molar-refractivity contribution >= 4 is 11.6 Å². The van der Waals surface area contributed by atoms with Crippen LogP contribution >= 0.6 is 0 Å². The molecule has 0 bridgehead atoms. The van der Waals surface area contributed by atoms with E-state index in [4.69, 9.17) is 4.74 Å². The first-order chi connectivity index (χ1) is 13.5. The van der Waals surface area contributed by atoms with Crippen molar-refractivity contribution in [2.24, 2.45) is 18.9 Å². The van der Waals surface area contributed by atoms with E-state index in [2.05, 4.69) is 15.3 Å². The van der Waals surface area contributed by atoms with Crippen molar-refractivity contribution in [3.63, 3.8) is 0 Å². The second kappa shape index (κ2) is 7.89. The minimum absolute atomic E-state index is 0.0636. The average Bonchev–Trinajstić information content (AvgIpc) is 3.22. The fraction of sp³-hybridized carbons (Fsp3) is 0.500. The Hall–Kier alpha value is -2.45. The van der Waals surface area contributed by atoms with Gasteiger partial charge in [-0.15, -0.1) is 0 Å². The number of amides is 1. The monoisotopic (exact) mass is 388 g/mol. The Morgan fingerprint density at radius 2 is 2.00 bits per heavy atom. The molecule has 1 aliphatic heterocycles. The third kappa shape index (κ3) is 4.34. The number of aryl methyl sites for hydroxylation is 1. The first kappa shape index (κ1) is 18.9. The van der Waals surface area contributed by atoms with E-state index >= 15 is 0 Å². The highest BCUT2D eigenvalue weighted by molar-refractivity contribution is 5.91. The van der Waals surface area contributed by atoms with Gasteiger partial charge in [0.15, 0.2) is 0 Å². The van der Waals surface area contributed by atoms with Crippen LogP contribution in [-0.4, -0.2) is 57.5 Å². The number of aliphatic hydroxyl groups is 1. The molecule has 1 saturated heterocycles. The van der Waals surface area contributed by atoms with Crippen LogP contribution in [0, 0.1) is 17.7 Å². The number of carbonyl (C=O) groups is 1. The summed E-state index contributed by atoms with van der Waals surface area (Å²) >= 11 is 0. The molecular formula is C20H25FN4O3. The maximum Gasteiger partial charge on any atom is 0.238 e. The molecule has 1 aliphatic carbocycles. The van der Waals surface area contributed by atoms with Crippen LogP contribution in [0.15, 0.2) is 36.7 Å². The molecule has 0 unspecified atom stereocenters. The molecule has 0 radical (unpaired) electrons. The summed E-state index contributed by atoms with van der Waals surface area (Å²) in [5.74, 6) is 0.919. The SMILES string of the molecule is Cn1cc(NC(=O)CN2C[C@H]3C[C@@H](Oc4ccc(F)cc4)[C@H](O)C[C@H]3C2)cn1. The zero-order chi connectivity index (χ0) is 19.7. The summed E-state index contributed by atoms with van der Waals surface area (Å²) < 4.78 is 20.6. The number of rotatable bonds is 5. The summed E-state index contributed by atoms with van der Waals surface area (Å²) in [6, 6.07) is 5.87. The lowest BCUT2D eigenvalue weighted by molar-refractivity contribution is -0.117. The zero-order valence-electron chi connectivity index (χ0n) is 15.8. The Morgan fingerprint density at radius 1 is 1.29 bits per heavy atom. The highest BCUT2D eigenvalue weighted by atomic mass is 19.1. The second-order valence-electron chi connectivity index (χ2n) is 7.81. The van der Waals surface area contributed by atoms with Crippen LogP contribution in [0.5, 0.6) is 5.75 Å². The van der Waals surface area contributed by atoms with Crippen LogP contribution in [-0.2, 0) is 11.8 Å². The van der Waals surface area contributed by atoms with Crippen LogP contribution in [0.25, 0.3) is 0 Å². The molecule has 4 atom stereocenters. The number of halogens is 1. The summed E-state index contributed by atoms with van der Waals surface area (Å²) in [7, 11) is 1.80. The van der Waals surface area contributed by atoms with Crippen molar-refractivity contribution in [1.82, 2.24) is 14.7 Å². The van der Waals surface area contributed by atoms with Gasteiger partial charge in [0.05, 0.1) is 24.5 Å². The van der Waals surface area contributed by atoms with Crippen molar-refractivity contribution in [3.05, 3.63) is 42.5 Å². The van der Waals surface area contributed by atoms with Crippen LogP contribution in [0.2, 0.25) is 0 Å². The third-order valence-corrected chi connectivity index (χ3v) is 5.62. The van der Waals surface area contributed by atoms with Gasteiger partial charge in [0, 0.05) is 26.3 Å². The van der Waals surface area contributed by atoms with Gasteiger partial charge in [-0.05, 0) is 48.9 Å². The number of nitrogens with one attached hydrogen (secondary N) is 1. The van der Waals surface area contributed by atoms with Gasteiger partial charge in [-0.3, -0.25) is 14.4 Å². The first-order valence-corrected chi connectivity index (χ1v) is 9.57. The number of fused-ring (bicyclic) bond motifs is 1. The van der Waals surface area contributed by atoms with Gasteiger partial charge in [-0.1, -0.05) is 0 Å². The molecule has 0 spiro atoms. The van der Waals surface area contributed by atoms with Gasteiger partial charge in [0.1, 0.15) is 17.7 Å². The normalized spacial score (nSPS) is 27.4. The predicted octanol–water partition coefficient (Wildman–Crippen LogP) is 1.65. The summed E-state index contributed by atoms with van der Waals surface area (Å²) in [5.41, 5.74) is 0.687. The molecule has 8 heteroatoms. The van der Waals surface area contributed by atoms with Crippen LogP contribution < -0.4 is 10.1 Å². The minimum Gasteiger partial charge on any atom is -0.488 e. The number of hydrogen-bond donors (Lipinski definition) is 2. The van der Waals surface area contributed by atoms with Crippen LogP contribution in [0.4, 0.5) is 10.1 Å². The number of ether oxygens (including phenoxy) is 1. The lowest BCUT2D eigenvalue weighted by Gasteiger charge is -2.35. The zero-order valence-corrected chi connectivity index (χ0v) is 15.8. The Kier molecular flexibility index (Phi) is 5.32. The molecular weight excluding hydrogens is 363 g/mol. The smallest absolute Gasteiger partial charge is 0.238 e. The van der Waals surface area contributed by atoms with Gasteiger partial charge in [-0.2, -0.15) is 5.10 Å². The summed E-state index contributed by atoms with van der Waals surface area (Å²) in [6.07, 6.45) is 3.89. The topological polar surface area (TPSA) is 79.6 Å². The number of likely N-dealkylation sites (tertiary alicyclic amines) is 1. The standard InChI is InChI=1S/C20H25FN4O3/c1-24-11-16(8-22-24)23-20(27)12-25-9-13-6-18(26)19(7-14(13)10-25)28-17-4-2-15(21)3-5-17/h2-5,8,11,13-14,18-19,26H,6-7,9-10,12H2,1H3,(H,23,27)/t13-,14+,18+,19+/m0/s1. The molecule has 28 heavy (non-hydrogen) atoms. The van der Waals surface area contributed by atoms with E-state index in [0.717, 1.165) is 19.5 Å². The molecule has 2 aromatic rings. The fourth-order valence-electron chi connectivity index (χ4n) is 4.32. The first-order valence-electron chi connectivity index (χ1n) is 9.57. The quantitative estimate of drug-likeness (QED) is 0.814. The van der Waals surface area contributed by atoms with Gasteiger partial charge in [-0.25, -0.2) is 4.39 Å². The lowest BCUT2D eigenvalue weighted by atomic mass is 9.78. The van der Waals surface area contributed by atoms with Crippen LogP contribution in [0.1, 0.15) is 12.8 Å². The molecule has 1 aromatic heterocycles. The minimum atomic E-state index is -0.560. The van der Waals surface area contributed by atoms with Crippen molar-refractivity contribution in [3.8, 4) is 5.75 Å².